The van der Waals surface area contributed by atoms with Crippen molar-refractivity contribution in [1.82, 2.24) is 0 Å². The Morgan fingerprint density at radius 1 is 1.45 bits per heavy atom. The highest BCUT2D eigenvalue weighted by Gasteiger charge is 2.21. The van der Waals surface area contributed by atoms with E-state index in [-0.39, 0.29) is 4.65 Å². The van der Waals surface area contributed by atoms with Crippen LogP contribution in [-0.2, 0) is 0 Å². The summed E-state index contributed by atoms with van der Waals surface area (Å²) < 4.78 is -0.0913. The maximum atomic E-state index is 11.6. The number of likely N-dealkylation sites (tertiary alicyclic amines) is 1. The molecule has 0 aliphatic carbocycles. The number of hydrogen-bond acceptors (Lipinski definition) is 3. The molecule has 0 unspecified atom stereocenters. The van der Waals surface area contributed by atoms with Gasteiger partial charge in [-0.05, 0) is 0 Å². The molecular weight excluding hydrogens is 144 g/mol. The van der Waals surface area contributed by atoms with Gasteiger partial charge in [0.2, 0.25) is 0 Å². The predicted octanol–water partition coefficient (Wildman–Crippen LogP) is 0.945. The van der Waals surface area contributed by atoms with E-state index in [1.54, 1.807) is 0 Å². The van der Waals surface area contributed by atoms with Gasteiger partial charge in [-0.1, -0.05) is 0 Å². The van der Waals surface area contributed by atoms with Crippen LogP contribution in [-0.4, -0.2) is 35.7 Å². The molecule has 0 saturated carbocycles. The van der Waals surface area contributed by atoms with Crippen LogP contribution < -0.4 is 0 Å². The lowest BCUT2D eigenvalue weighted by Gasteiger charge is -2.37. The molecule has 1 rings (SSSR count). The molecule has 1 fully saturated rings. The van der Waals surface area contributed by atoms with Gasteiger partial charge in [0.25, 0.3) is 0 Å². The molecule has 0 bridgehead atoms. The van der Waals surface area contributed by atoms with E-state index >= 15 is 0 Å². The second-order valence-electron chi connectivity index (χ2n) is 3.02. The first-order chi connectivity index (χ1) is 5.27. The minimum atomic E-state index is -0.0913. The number of nitrogens with zero attached hydrogens (tertiary/aromatic N) is 2. The molecule has 0 amide bonds. The van der Waals surface area contributed by atoms with E-state index in [1.165, 1.54) is 6.21 Å². The Hall–Kier alpha value is -0.610. The minimum Gasteiger partial charge on any atom is -0.633 e. The maximum absolute atomic E-state index is 11.6. The molecule has 0 spiro atoms. The number of oxime groups is 1. The molecule has 0 atom stereocenters. The van der Waals surface area contributed by atoms with Crippen LogP contribution in [0.2, 0.25) is 0 Å². The van der Waals surface area contributed by atoms with E-state index in [1.807, 2.05) is 0 Å². The highest BCUT2D eigenvalue weighted by atomic mass is 16.5. The van der Waals surface area contributed by atoms with Gasteiger partial charge in [0.1, 0.15) is 0 Å². The van der Waals surface area contributed by atoms with E-state index in [0.717, 1.165) is 25.9 Å². The van der Waals surface area contributed by atoms with Crippen LogP contribution in [0, 0.1) is 5.21 Å². The van der Waals surface area contributed by atoms with Gasteiger partial charge in [-0.15, -0.1) is 5.16 Å². The van der Waals surface area contributed by atoms with Gasteiger partial charge in [-0.3, -0.25) is 0 Å². The third-order valence-electron chi connectivity index (χ3n) is 2.13. The molecular formula is C7H14N2O2. The van der Waals surface area contributed by atoms with Gasteiger partial charge in [-0.25, -0.2) is 0 Å². The van der Waals surface area contributed by atoms with Gasteiger partial charge in [0, 0.05) is 25.5 Å². The van der Waals surface area contributed by atoms with Crippen LogP contribution in [0.15, 0.2) is 5.16 Å². The van der Waals surface area contributed by atoms with Crippen LogP contribution in [0.4, 0.5) is 0 Å². The van der Waals surface area contributed by atoms with Gasteiger partial charge in [-0.2, -0.15) is 0 Å². The number of hydrogen-bond donors (Lipinski definition) is 1. The van der Waals surface area contributed by atoms with Crippen molar-refractivity contribution in [3.63, 3.8) is 0 Å². The Kier molecular flexibility index (Phi) is 2.84. The highest BCUT2D eigenvalue weighted by Crippen LogP contribution is 2.17. The highest BCUT2D eigenvalue weighted by molar-refractivity contribution is 5.56. The zero-order chi connectivity index (χ0) is 8.16. The maximum Gasteiger partial charge on any atom is 0.0835 e. The summed E-state index contributed by atoms with van der Waals surface area (Å²) in [4.78, 5) is 0. The van der Waals surface area contributed by atoms with Crippen LogP contribution >= 0.6 is 0 Å². The number of hydroxylamine groups is 3. The lowest BCUT2D eigenvalue weighted by Crippen LogP contribution is -2.39. The SMILES string of the molecule is [O-][N+]1(CCC=NO)CCCC1. The Labute approximate surface area is 66.3 Å². The molecule has 1 aliphatic rings. The van der Waals surface area contributed by atoms with E-state index in [4.69, 9.17) is 5.21 Å². The van der Waals surface area contributed by atoms with E-state index in [9.17, 15) is 5.21 Å². The molecule has 1 N–H and O–H groups in total. The first kappa shape index (κ1) is 8.49. The van der Waals surface area contributed by atoms with Crippen molar-refractivity contribution in [3.05, 3.63) is 5.21 Å². The van der Waals surface area contributed by atoms with Crippen molar-refractivity contribution < 1.29 is 9.85 Å². The molecule has 1 heterocycles. The molecule has 0 aromatic carbocycles. The molecule has 1 saturated heterocycles. The molecule has 1 aliphatic heterocycles. The van der Waals surface area contributed by atoms with Crippen molar-refractivity contribution in [2.45, 2.75) is 19.3 Å². The average molecular weight is 158 g/mol. The molecule has 64 valence electrons. The Balaban J connectivity index is 2.23. The molecule has 11 heavy (non-hydrogen) atoms. The zero-order valence-electron chi connectivity index (χ0n) is 6.57. The standard InChI is InChI=1S/C7H14N2O2/c10-8-4-3-7-9(11)5-1-2-6-9/h4,10H,1-3,5-7H2. The second-order valence-corrected chi connectivity index (χ2v) is 3.02. The molecule has 0 radical (unpaired) electrons. The van der Waals surface area contributed by atoms with Crippen molar-refractivity contribution in [2.75, 3.05) is 19.6 Å². The van der Waals surface area contributed by atoms with Crippen molar-refractivity contribution in [3.8, 4) is 0 Å². The first-order valence-electron chi connectivity index (χ1n) is 4.00. The predicted molar refractivity (Wildman–Crippen MR) is 42.4 cm³/mol. The zero-order valence-corrected chi connectivity index (χ0v) is 6.57. The Morgan fingerprint density at radius 3 is 2.64 bits per heavy atom. The third kappa shape index (κ3) is 2.48. The lowest BCUT2D eigenvalue weighted by atomic mass is 10.4. The van der Waals surface area contributed by atoms with Gasteiger partial charge < -0.3 is 15.1 Å². The second kappa shape index (κ2) is 3.69. The molecule has 4 heteroatoms. The topological polar surface area (TPSA) is 55.7 Å². The van der Waals surface area contributed by atoms with Crippen molar-refractivity contribution >= 4 is 6.21 Å². The average Bonchev–Trinajstić information content (AvgIpc) is 2.38. The van der Waals surface area contributed by atoms with Crippen LogP contribution in [0.25, 0.3) is 0 Å². The summed E-state index contributed by atoms with van der Waals surface area (Å²) in [6.07, 6.45) is 4.05. The fourth-order valence-corrected chi connectivity index (χ4v) is 1.49. The van der Waals surface area contributed by atoms with Crippen LogP contribution in [0.1, 0.15) is 19.3 Å². The summed E-state index contributed by atoms with van der Waals surface area (Å²) in [6.45, 7) is 2.03. The van der Waals surface area contributed by atoms with Crippen LogP contribution in [0.5, 0.6) is 0 Å². The van der Waals surface area contributed by atoms with Gasteiger partial charge in [0.05, 0.1) is 19.6 Å². The van der Waals surface area contributed by atoms with E-state index in [2.05, 4.69) is 5.16 Å². The fourth-order valence-electron chi connectivity index (χ4n) is 1.49. The Bertz CT molecular complexity index is 141. The quantitative estimate of drug-likeness (QED) is 0.218. The minimum absolute atomic E-state index is 0.0913. The third-order valence-corrected chi connectivity index (χ3v) is 2.13. The van der Waals surface area contributed by atoms with Crippen molar-refractivity contribution in [1.29, 1.82) is 0 Å². The first-order valence-corrected chi connectivity index (χ1v) is 4.00. The summed E-state index contributed by atoms with van der Waals surface area (Å²) in [7, 11) is 0. The Morgan fingerprint density at radius 2 is 2.09 bits per heavy atom. The number of rotatable bonds is 3. The summed E-state index contributed by atoms with van der Waals surface area (Å²) in [5.41, 5.74) is 0. The smallest absolute Gasteiger partial charge is 0.0835 e. The van der Waals surface area contributed by atoms with Gasteiger partial charge in [0.15, 0.2) is 0 Å². The van der Waals surface area contributed by atoms with Crippen molar-refractivity contribution in [2.24, 2.45) is 5.16 Å². The number of quaternary nitrogens is 1. The van der Waals surface area contributed by atoms with E-state index in [0.29, 0.717) is 13.0 Å². The fraction of sp³-hybridized carbons (Fsp3) is 0.857. The lowest BCUT2D eigenvalue weighted by molar-refractivity contribution is -0.867. The van der Waals surface area contributed by atoms with Gasteiger partial charge >= 0.3 is 0 Å². The summed E-state index contributed by atoms with van der Waals surface area (Å²) >= 11 is 0. The summed E-state index contributed by atoms with van der Waals surface area (Å²) in [5, 5.41) is 22.5. The molecule has 4 nitrogen and oxygen atoms in total. The normalized spacial score (nSPS) is 23.0. The van der Waals surface area contributed by atoms with Crippen LogP contribution in [0.3, 0.4) is 0 Å². The monoisotopic (exact) mass is 158 g/mol. The summed E-state index contributed by atoms with van der Waals surface area (Å²) in [5.74, 6) is 0. The summed E-state index contributed by atoms with van der Waals surface area (Å²) in [6, 6.07) is 0. The van der Waals surface area contributed by atoms with E-state index < -0.39 is 0 Å². The largest absolute Gasteiger partial charge is 0.633 e. The molecule has 0 aromatic heterocycles. The molecule has 0 aromatic rings.